The zero-order valence-corrected chi connectivity index (χ0v) is 16.1. The van der Waals surface area contributed by atoms with Gasteiger partial charge in [0.1, 0.15) is 0 Å². The molecular weight excluding hydrogens is 392 g/mol. The Kier molecular flexibility index (Phi) is 6.71. The van der Waals surface area contributed by atoms with E-state index in [0.717, 1.165) is 6.42 Å². The molecule has 2 rings (SSSR count). The molecule has 0 unspecified atom stereocenters. The van der Waals surface area contributed by atoms with Crippen LogP contribution in [0.4, 0.5) is 25.2 Å². The Morgan fingerprint density at radius 2 is 1.15 bits per heavy atom. The van der Waals surface area contributed by atoms with Crippen molar-refractivity contribution in [3.05, 3.63) is 73.3 Å². The standard InChI is InChI=1S/C18H22P.F6P/c1-3-5-16-19(4-2,17-12-8-6-9-13-17)18-14-10-7-11-15-18;1-7(2,3,4,5)6/h3,6-15H,1,4-5,16H2,2H3;/q+1;-1. The maximum atomic E-state index is 9.87. The molecule has 0 atom stereocenters. The molecule has 8 heteroatoms. The number of rotatable bonds is 6. The van der Waals surface area contributed by atoms with Crippen molar-refractivity contribution in [2.45, 2.75) is 13.3 Å². The molecule has 0 saturated carbocycles. The van der Waals surface area contributed by atoms with E-state index in [4.69, 9.17) is 0 Å². The molecule has 0 bridgehead atoms. The zero-order chi connectivity index (χ0) is 20.0. The minimum absolute atomic E-state index is 1.09. The van der Waals surface area contributed by atoms with E-state index in [1.54, 1.807) is 0 Å². The molecule has 0 saturated heterocycles. The summed E-state index contributed by atoms with van der Waals surface area (Å²) >= 11 is 0. The van der Waals surface area contributed by atoms with Gasteiger partial charge in [-0.05, 0) is 37.6 Å². The topological polar surface area (TPSA) is 0 Å². The van der Waals surface area contributed by atoms with Gasteiger partial charge in [-0.15, -0.1) is 6.58 Å². The molecule has 0 N–H and O–H groups in total. The van der Waals surface area contributed by atoms with Gasteiger partial charge in [0.15, 0.2) is 0 Å². The first-order valence-corrected chi connectivity index (χ1v) is 12.1. The molecule has 0 fully saturated rings. The van der Waals surface area contributed by atoms with E-state index in [2.05, 4.69) is 80.2 Å². The maximum absolute atomic E-state index is 10.7. The average Bonchev–Trinajstić information content (AvgIpc) is 2.55. The van der Waals surface area contributed by atoms with Crippen molar-refractivity contribution in [1.29, 1.82) is 0 Å². The normalized spacial score (nSPS) is 14.4. The molecule has 146 valence electrons. The van der Waals surface area contributed by atoms with Crippen LogP contribution in [0, 0.1) is 0 Å². The first-order chi connectivity index (χ1) is 11.8. The molecular formula is C18H22F6P2. The Balaban J connectivity index is 0.000000412. The van der Waals surface area contributed by atoms with E-state index in [1.807, 2.05) is 0 Å². The molecule has 26 heavy (non-hydrogen) atoms. The predicted molar refractivity (Wildman–Crippen MR) is 103 cm³/mol. The summed E-state index contributed by atoms with van der Waals surface area (Å²) in [6.07, 6.45) is 5.58. The van der Waals surface area contributed by atoms with Crippen molar-refractivity contribution in [2.75, 3.05) is 12.3 Å². The fourth-order valence-corrected chi connectivity index (χ4v) is 6.64. The molecule has 0 nitrogen and oxygen atoms in total. The molecule has 0 amide bonds. The summed E-state index contributed by atoms with van der Waals surface area (Å²) in [6, 6.07) is 22.1. The fraction of sp³-hybridized carbons (Fsp3) is 0.222. The average molecular weight is 414 g/mol. The van der Waals surface area contributed by atoms with Crippen LogP contribution >= 0.6 is 15.1 Å². The second-order valence-electron chi connectivity index (χ2n) is 5.71. The van der Waals surface area contributed by atoms with E-state index >= 15 is 0 Å². The van der Waals surface area contributed by atoms with Gasteiger partial charge in [0.25, 0.3) is 0 Å². The molecule has 2 aromatic rings. The van der Waals surface area contributed by atoms with Gasteiger partial charge in [-0.3, -0.25) is 0 Å². The monoisotopic (exact) mass is 414 g/mol. The van der Waals surface area contributed by atoms with Gasteiger partial charge in [-0.2, -0.15) is 0 Å². The number of hydrogen-bond donors (Lipinski definition) is 0. The molecule has 2 aromatic carbocycles. The van der Waals surface area contributed by atoms with Gasteiger partial charge in [-0.1, -0.05) is 42.5 Å². The van der Waals surface area contributed by atoms with E-state index < -0.39 is 15.1 Å². The summed E-state index contributed by atoms with van der Waals surface area (Å²) in [4.78, 5) is 0. The third kappa shape index (κ3) is 8.82. The number of allylic oxidation sites excluding steroid dienone is 1. The van der Waals surface area contributed by atoms with Crippen molar-refractivity contribution >= 4 is 25.7 Å². The summed E-state index contributed by atoms with van der Waals surface area (Å²) in [5.41, 5.74) is 0. The van der Waals surface area contributed by atoms with Crippen LogP contribution < -0.4 is 10.6 Å². The Labute approximate surface area is 150 Å². The number of benzene rings is 2. The zero-order valence-electron chi connectivity index (χ0n) is 14.3. The predicted octanol–water partition coefficient (Wildman–Crippen LogP) is 7.63. The molecule has 0 radical (unpaired) electrons. The SMILES string of the molecule is C=CCC[P+](CC)(c1ccccc1)c1ccccc1.F[P-](F)(F)(F)(F)F. The number of hydrogen-bond acceptors (Lipinski definition) is 0. The van der Waals surface area contributed by atoms with Crippen LogP contribution in [0.25, 0.3) is 0 Å². The summed E-state index contributed by atoms with van der Waals surface area (Å²) in [6.45, 7) is 6.23. The second kappa shape index (κ2) is 7.70. The molecule has 0 aromatic heterocycles. The molecule has 0 aliphatic heterocycles. The Morgan fingerprint density at radius 3 is 1.42 bits per heavy atom. The van der Waals surface area contributed by atoms with Crippen molar-refractivity contribution in [3.63, 3.8) is 0 Å². The number of halogens is 6. The molecule has 0 aliphatic rings. The van der Waals surface area contributed by atoms with Crippen molar-refractivity contribution < 1.29 is 25.2 Å². The van der Waals surface area contributed by atoms with E-state index in [9.17, 15) is 25.2 Å². The van der Waals surface area contributed by atoms with Crippen LogP contribution in [0.1, 0.15) is 13.3 Å². The van der Waals surface area contributed by atoms with Gasteiger partial charge in [-0.25, -0.2) is 0 Å². The van der Waals surface area contributed by atoms with E-state index in [0.29, 0.717) is 0 Å². The van der Waals surface area contributed by atoms with Crippen LogP contribution in [0.5, 0.6) is 0 Å². The van der Waals surface area contributed by atoms with Crippen LogP contribution in [-0.2, 0) is 0 Å². The first-order valence-electron chi connectivity index (χ1n) is 7.94. The van der Waals surface area contributed by atoms with Gasteiger partial charge < -0.3 is 0 Å². The summed E-state index contributed by atoms with van der Waals surface area (Å²) in [5.74, 6) is 0. The second-order valence-corrected chi connectivity index (χ2v) is 11.7. The van der Waals surface area contributed by atoms with Gasteiger partial charge in [0.05, 0.1) is 30.2 Å². The minimum atomic E-state index is -10.7. The van der Waals surface area contributed by atoms with Crippen LogP contribution in [0.2, 0.25) is 0 Å². The third-order valence-electron chi connectivity index (χ3n) is 3.76. The van der Waals surface area contributed by atoms with Crippen LogP contribution in [0.15, 0.2) is 73.3 Å². The molecule has 0 aliphatic carbocycles. The summed E-state index contributed by atoms with van der Waals surface area (Å²) in [7, 11) is -11.9. The first kappa shape index (κ1) is 22.7. The Bertz CT molecular complexity index is 646. The van der Waals surface area contributed by atoms with E-state index in [1.165, 1.54) is 22.9 Å². The molecule has 0 heterocycles. The van der Waals surface area contributed by atoms with Crippen molar-refractivity contribution in [3.8, 4) is 0 Å². The van der Waals surface area contributed by atoms with Crippen molar-refractivity contribution in [1.82, 2.24) is 0 Å². The molecule has 0 spiro atoms. The van der Waals surface area contributed by atoms with Crippen molar-refractivity contribution in [2.24, 2.45) is 0 Å². The quantitative estimate of drug-likeness (QED) is 0.259. The fourth-order valence-electron chi connectivity index (χ4n) is 2.67. The third-order valence-corrected chi connectivity index (χ3v) is 8.43. The van der Waals surface area contributed by atoms with Gasteiger partial charge >= 0.3 is 33.0 Å². The summed E-state index contributed by atoms with van der Waals surface area (Å²) in [5, 5.41) is 3.04. The Morgan fingerprint density at radius 1 is 0.808 bits per heavy atom. The summed E-state index contributed by atoms with van der Waals surface area (Å²) < 4.78 is 59.2. The van der Waals surface area contributed by atoms with Gasteiger partial charge in [0, 0.05) is 0 Å². The van der Waals surface area contributed by atoms with Crippen LogP contribution in [-0.4, -0.2) is 12.3 Å². The van der Waals surface area contributed by atoms with Crippen LogP contribution in [0.3, 0.4) is 0 Å². The Hall–Kier alpha value is -1.38. The van der Waals surface area contributed by atoms with Gasteiger partial charge in [0.2, 0.25) is 0 Å². The van der Waals surface area contributed by atoms with E-state index in [-0.39, 0.29) is 0 Å².